The number of thioether (sulfide) groups is 1. The summed E-state index contributed by atoms with van der Waals surface area (Å²) < 4.78 is 0. The molecule has 0 aliphatic carbocycles. The van der Waals surface area contributed by atoms with Gasteiger partial charge in [0, 0.05) is 12.3 Å². The second-order valence-electron chi connectivity index (χ2n) is 2.91. The van der Waals surface area contributed by atoms with E-state index in [1.807, 2.05) is 6.26 Å². The van der Waals surface area contributed by atoms with Crippen molar-refractivity contribution in [3.05, 3.63) is 28.8 Å². The Kier molecular flexibility index (Phi) is 4.78. The number of hydrogen-bond acceptors (Lipinski definition) is 3. The number of carbonyl (C=O) groups is 1. The number of phenols is 1. The van der Waals surface area contributed by atoms with Crippen LogP contribution in [0.3, 0.4) is 0 Å². The molecule has 0 aliphatic rings. The summed E-state index contributed by atoms with van der Waals surface area (Å²) in [5.41, 5.74) is 0.303. The zero-order valence-corrected chi connectivity index (χ0v) is 9.86. The second-order valence-corrected chi connectivity index (χ2v) is 4.31. The Bertz CT molecular complexity index is 357. The van der Waals surface area contributed by atoms with Crippen molar-refractivity contribution < 1.29 is 9.90 Å². The molecular formula is C10H12ClNO2S. The summed E-state index contributed by atoms with van der Waals surface area (Å²) in [6.45, 7) is 0.589. The van der Waals surface area contributed by atoms with Crippen LogP contribution in [0.1, 0.15) is 10.4 Å². The van der Waals surface area contributed by atoms with Crippen molar-refractivity contribution in [3.8, 4) is 5.75 Å². The highest BCUT2D eigenvalue weighted by Gasteiger charge is 2.10. The van der Waals surface area contributed by atoms with Crippen molar-refractivity contribution in [2.45, 2.75) is 0 Å². The van der Waals surface area contributed by atoms with E-state index in [1.165, 1.54) is 18.2 Å². The molecule has 0 heterocycles. The first-order valence-electron chi connectivity index (χ1n) is 4.41. The molecule has 1 aromatic carbocycles. The largest absolute Gasteiger partial charge is 0.508 e. The molecule has 82 valence electrons. The molecule has 0 saturated carbocycles. The van der Waals surface area contributed by atoms with Crippen molar-refractivity contribution >= 4 is 29.3 Å². The molecule has 0 atom stereocenters. The van der Waals surface area contributed by atoms with Gasteiger partial charge in [0.1, 0.15) is 5.75 Å². The minimum Gasteiger partial charge on any atom is -0.508 e. The van der Waals surface area contributed by atoms with E-state index in [2.05, 4.69) is 5.32 Å². The average molecular weight is 246 g/mol. The Morgan fingerprint density at radius 2 is 2.33 bits per heavy atom. The topological polar surface area (TPSA) is 49.3 Å². The third kappa shape index (κ3) is 3.64. The Morgan fingerprint density at radius 1 is 1.60 bits per heavy atom. The molecule has 0 fully saturated rings. The third-order valence-corrected chi connectivity index (χ3v) is 2.73. The van der Waals surface area contributed by atoms with E-state index in [0.29, 0.717) is 17.1 Å². The van der Waals surface area contributed by atoms with E-state index in [9.17, 15) is 9.90 Å². The van der Waals surface area contributed by atoms with Crippen LogP contribution < -0.4 is 5.32 Å². The van der Waals surface area contributed by atoms with Crippen LogP contribution in [-0.2, 0) is 0 Å². The van der Waals surface area contributed by atoms with Crippen molar-refractivity contribution in [1.29, 1.82) is 0 Å². The second kappa shape index (κ2) is 5.88. The van der Waals surface area contributed by atoms with Gasteiger partial charge in [-0.25, -0.2) is 0 Å². The highest BCUT2D eigenvalue weighted by atomic mass is 35.5. The highest BCUT2D eigenvalue weighted by Crippen LogP contribution is 2.20. The number of amides is 1. The van der Waals surface area contributed by atoms with E-state index in [1.54, 1.807) is 11.8 Å². The van der Waals surface area contributed by atoms with Crippen LogP contribution in [0.15, 0.2) is 18.2 Å². The molecule has 0 radical (unpaired) electrons. The van der Waals surface area contributed by atoms with E-state index in [0.717, 1.165) is 5.75 Å². The first kappa shape index (κ1) is 12.2. The average Bonchev–Trinajstić information content (AvgIpc) is 2.22. The summed E-state index contributed by atoms with van der Waals surface area (Å²) >= 11 is 7.48. The van der Waals surface area contributed by atoms with Gasteiger partial charge in [0.15, 0.2) is 0 Å². The predicted molar refractivity (Wildman–Crippen MR) is 63.8 cm³/mol. The van der Waals surface area contributed by atoms with Crippen LogP contribution in [-0.4, -0.2) is 29.6 Å². The Hall–Kier alpha value is -0.870. The van der Waals surface area contributed by atoms with E-state index in [-0.39, 0.29) is 11.7 Å². The predicted octanol–water partition coefficient (Wildman–Crippen LogP) is 2.14. The molecule has 3 nitrogen and oxygen atoms in total. The van der Waals surface area contributed by atoms with Gasteiger partial charge < -0.3 is 10.4 Å². The minimum absolute atomic E-state index is 0.0365. The minimum atomic E-state index is -0.259. The van der Waals surface area contributed by atoms with Gasteiger partial charge in [-0.15, -0.1) is 0 Å². The summed E-state index contributed by atoms with van der Waals surface area (Å²) in [4.78, 5) is 11.6. The molecule has 15 heavy (non-hydrogen) atoms. The number of carbonyl (C=O) groups excluding carboxylic acids is 1. The number of nitrogens with one attached hydrogen (secondary N) is 1. The molecule has 0 spiro atoms. The fraction of sp³-hybridized carbons (Fsp3) is 0.300. The lowest BCUT2D eigenvalue weighted by atomic mass is 10.2. The van der Waals surface area contributed by atoms with Crippen LogP contribution in [0.5, 0.6) is 5.75 Å². The van der Waals surface area contributed by atoms with E-state index in [4.69, 9.17) is 11.6 Å². The molecule has 0 bridgehead atoms. The SMILES string of the molecule is CSCCNC(=O)c1cc(O)ccc1Cl. The maximum atomic E-state index is 11.6. The molecule has 0 aromatic heterocycles. The molecule has 0 saturated heterocycles. The Balaban J connectivity index is 2.68. The maximum Gasteiger partial charge on any atom is 0.252 e. The Morgan fingerprint density at radius 3 is 3.00 bits per heavy atom. The number of hydrogen-bond donors (Lipinski definition) is 2. The van der Waals surface area contributed by atoms with Gasteiger partial charge >= 0.3 is 0 Å². The van der Waals surface area contributed by atoms with Crippen LogP contribution in [0.2, 0.25) is 5.02 Å². The number of benzene rings is 1. The molecule has 0 unspecified atom stereocenters. The van der Waals surface area contributed by atoms with Gasteiger partial charge in [0.05, 0.1) is 10.6 Å². The molecule has 0 aliphatic heterocycles. The lowest BCUT2D eigenvalue weighted by Gasteiger charge is -2.06. The van der Waals surface area contributed by atoms with Gasteiger partial charge in [-0.05, 0) is 24.5 Å². The number of phenolic OH excluding ortho intramolecular Hbond substituents is 1. The zero-order valence-electron chi connectivity index (χ0n) is 8.29. The van der Waals surface area contributed by atoms with Crippen molar-refractivity contribution in [1.82, 2.24) is 5.32 Å². The fourth-order valence-corrected chi connectivity index (χ4v) is 1.56. The first-order valence-corrected chi connectivity index (χ1v) is 6.18. The number of halogens is 1. The van der Waals surface area contributed by atoms with Crippen LogP contribution in [0.25, 0.3) is 0 Å². The van der Waals surface area contributed by atoms with Crippen LogP contribution >= 0.6 is 23.4 Å². The Labute approximate surface area is 97.8 Å². The maximum absolute atomic E-state index is 11.6. The summed E-state index contributed by atoms with van der Waals surface area (Å²) in [7, 11) is 0. The summed E-state index contributed by atoms with van der Waals surface area (Å²) in [5.74, 6) is 0.627. The summed E-state index contributed by atoms with van der Waals surface area (Å²) in [5, 5.41) is 12.3. The smallest absolute Gasteiger partial charge is 0.252 e. The van der Waals surface area contributed by atoms with Gasteiger partial charge in [0.25, 0.3) is 5.91 Å². The quantitative estimate of drug-likeness (QED) is 0.799. The molecule has 2 N–H and O–H groups in total. The molecule has 1 amide bonds. The number of rotatable bonds is 4. The van der Waals surface area contributed by atoms with Crippen molar-refractivity contribution in [2.24, 2.45) is 0 Å². The summed E-state index contributed by atoms with van der Waals surface area (Å²) in [6.07, 6.45) is 1.97. The van der Waals surface area contributed by atoms with E-state index < -0.39 is 0 Å². The highest BCUT2D eigenvalue weighted by molar-refractivity contribution is 7.98. The van der Waals surface area contributed by atoms with Gasteiger partial charge in [-0.2, -0.15) is 11.8 Å². The lowest BCUT2D eigenvalue weighted by molar-refractivity contribution is 0.0956. The van der Waals surface area contributed by atoms with Gasteiger partial charge in [-0.1, -0.05) is 11.6 Å². The number of aromatic hydroxyl groups is 1. The molecule has 1 rings (SSSR count). The van der Waals surface area contributed by atoms with Gasteiger partial charge in [-0.3, -0.25) is 4.79 Å². The zero-order chi connectivity index (χ0) is 11.3. The third-order valence-electron chi connectivity index (χ3n) is 1.79. The lowest BCUT2D eigenvalue weighted by Crippen LogP contribution is -2.25. The first-order chi connectivity index (χ1) is 7.15. The monoisotopic (exact) mass is 245 g/mol. The standard InChI is InChI=1S/C10H12ClNO2S/c1-15-5-4-12-10(14)8-6-7(13)2-3-9(8)11/h2-3,6,13H,4-5H2,1H3,(H,12,14). The van der Waals surface area contributed by atoms with Crippen molar-refractivity contribution in [2.75, 3.05) is 18.6 Å². The van der Waals surface area contributed by atoms with E-state index >= 15 is 0 Å². The normalized spacial score (nSPS) is 10.0. The van der Waals surface area contributed by atoms with Gasteiger partial charge in [0.2, 0.25) is 0 Å². The fourth-order valence-electron chi connectivity index (χ4n) is 1.05. The summed E-state index contributed by atoms with van der Waals surface area (Å²) in [6, 6.07) is 4.30. The van der Waals surface area contributed by atoms with Crippen LogP contribution in [0.4, 0.5) is 0 Å². The van der Waals surface area contributed by atoms with Crippen molar-refractivity contribution in [3.63, 3.8) is 0 Å². The molecule has 5 heteroatoms. The molecular weight excluding hydrogens is 234 g/mol. The molecule has 1 aromatic rings. The van der Waals surface area contributed by atoms with Crippen LogP contribution in [0, 0.1) is 0 Å².